The monoisotopic (exact) mass is 526 g/mol. The van der Waals surface area contributed by atoms with E-state index in [1.54, 1.807) is 0 Å². The molecule has 4 aromatic heterocycles. The highest BCUT2D eigenvalue weighted by atomic mass is 14.9. The summed E-state index contributed by atoms with van der Waals surface area (Å²) in [5, 5.41) is 0. The van der Waals surface area contributed by atoms with E-state index in [0.717, 1.165) is 46.0 Å². The highest BCUT2D eigenvalue weighted by Gasteiger charge is 2.57. The van der Waals surface area contributed by atoms with Gasteiger partial charge >= 0.3 is 0 Å². The first-order valence-corrected chi connectivity index (χ1v) is 15.1. The molecule has 4 aromatic rings. The summed E-state index contributed by atoms with van der Waals surface area (Å²) in [6, 6.07) is 21.3. The Balaban J connectivity index is 1.12. The van der Waals surface area contributed by atoms with Crippen molar-refractivity contribution in [2.24, 2.45) is 22.7 Å². The van der Waals surface area contributed by atoms with Crippen molar-refractivity contribution in [1.82, 2.24) is 19.9 Å². The van der Waals surface area contributed by atoms with Crippen molar-refractivity contribution < 1.29 is 0 Å². The average Bonchev–Trinajstić information content (AvgIpc) is 2.96. The third-order valence-electron chi connectivity index (χ3n) is 11.7. The van der Waals surface area contributed by atoms with Gasteiger partial charge < -0.3 is 0 Å². The highest BCUT2D eigenvalue weighted by Crippen LogP contribution is 2.67. The van der Waals surface area contributed by atoms with E-state index in [2.05, 4.69) is 90.1 Å². The number of aromatic nitrogens is 4. The van der Waals surface area contributed by atoms with E-state index in [1.807, 2.05) is 12.1 Å². The maximum absolute atomic E-state index is 5.19. The summed E-state index contributed by atoms with van der Waals surface area (Å²) in [5.74, 6) is 3.68. The Morgan fingerprint density at radius 3 is 1.20 bits per heavy atom. The summed E-state index contributed by atoms with van der Waals surface area (Å²) < 4.78 is 0. The standard InChI is InChI=1S/C36H38N4/c1-19-23-17-25(35(23,3)4)21-13-15-31(39-33(19)21)29-11-7-9-27(37-29)28-10-8-12-30(38-28)32-16-14-22-26-18-24(36(26,5)6)20(2)34(22)40-32/h7-16,19-20,23-26H,17-18H2,1-6H3/t19-,20-,23+,24+,25-,26-/m0/s1. The van der Waals surface area contributed by atoms with Crippen molar-refractivity contribution in [3.63, 3.8) is 0 Å². The average molecular weight is 527 g/mol. The molecule has 4 bridgehead atoms. The Hall–Kier alpha value is -3.40. The van der Waals surface area contributed by atoms with Gasteiger partial charge in [0.15, 0.2) is 0 Å². The molecule has 2 saturated carbocycles. The van der Waals surface area contributed by atoms with Crippen molar-refractivity contribution in [2.75, 3.05) is 0 Å². The first kappa shape index (κ1) is 24.4. The van der Waals surface area contributed by atoms with Crippen molar-refractivity contribution in [3.8, 4) is 34.2 Å². The molecular weight excluding hydrogens is 488 g/mol. The van der Waals surface area contributed by atoms with Crippen LogP contribution in [0.1, 0.15) is 101 Å². The lowest BCUT2D eigenvalue weighted by Crippen LogP contribution is -2.50. The van der Waals surface area contributed by atoms with Gasteiger partial charge in [-0.3, -0.25) is 9.97 Å². The third kappa shape index (κ3) is 3.19. The molecule has 40 heavy (non-hydrogen) atoms. The van der Waals surface area contributed by atoms with E-state index in [4.69, 9.17) is 19.9 Å². The van der Waals surface area contributed by atoms with Crippen molar-refractivity contribution in [2.45, 2.75) is 78.1 Å². The van der Waals surface area contributed by atoms with Crippen LogP contribution in [-0.4, -0.2) is 19.9 Å². The fourth-order valence-corrected chi connectivity index (χ4v) is 9.07. The highest BCUT2D eigenvalue weighted by molar-refractivity contribution is 5.66. The summed E-state index contributed by atoms with van der Waals surface area (Å²) >= 11 is 0. The molecule has 4 heterocycles. The fraction of sp³-hybridized carbons (Fsp3) is 0.444. The van der Waals surface area contributed by atoms with Gasteiger partial charge in [0.25, 0.3) is 0 Å². The van der Waals surface area contributed by atoms with Crippen LogP contribution in [0.15, 0.2) is 60.7 Å². The molecule has 0 aliphatic heterocycles. The van der Waals surface area contributed by atoms with Gasteiger partial charge in [-0.15, -0.1) is 0 Å². The van der Waals surface area contributed by atoms with Crippen LogP contribution >= 0.6 is 0 Å². The molecule has 0 radical (unpaired) electrons. The van der Waals surface area contributed by atoms with Crippen LogP contribution in [0, 0.1) is 22.7 Å². The fourth-order valence-electron chi connectivity index (χ4n) is 9.07. The van der Waals surface area contributed by atoms with Crippen LogP contribution in [0.2, 0.25) is 0 Å². The molecule has 2 fully saturated rings. The minimum absolute atomic E-state index is 0.381. The molecule has 0 aromatic carbocycles. The van der Waals surface area contributed by atoms with Gasteiger partial charge in [0.1, 0.15) is 0 Å². The summed E-state index contributed by atoms with van der Waals surface area (Å²) in [6.07, 6.45) is 2.60. The van der Waals surface area contributed by atoms with Crippen molar-refractivity contribution in [1.29, 1.82) is 0 Å². The van der Waals surface area contributed by atoms with Crippen LogP contribution in [0.3, 0.4) is 0 Å². The van der Waals surface area contributed by atoms with Crippen LogP contribution in [0.5, 0.6) is 0 Å². The molecule has 4 heteroatoms. The predicted molar refractivity (Wildman–Crippen MR) is 160 cm³/mol. The number of pyridine rings is 4. The van der Waals surface area contributed by atoms with Crippen LogP contribution in [0.4, 0.5) is 0 Å². The van der Waals surface area contributed by atoms with Crippen molar-refractivity contribution >= 4 is 0 Å². The molecule has 202 valence electrons. The number of hydrogen-bond donors (Lipinski definition) is 0. The first-order valence-electron chi connectivity index (χ1n) is 15.1. The Bertz CT molecular complexity index is 1560. The van der Waals surface area contributed by atoms with Gasteiger partial charge in [-0.25, -0.2) is 9.97 Å². The zero-order chi connectivity index (χ0) is 27.6. The second-order valence-corrected chi connectivity index (χ2v) is 14.2. The zero-order valence-corrected chi connectivity index (χ0v) is 24.4. The molecule has 10 rings (SSSR count). The lowest BCUT2D eigenvalue weighted by atomic mass is 9.45. The molecule has 4 nitrogen and oxygen atoms in total. The quantitative estimate of drug-likeness (QED) is 0.268. The lowest BCUT2D eigenvalue weighted by Gasteiger charge is -2.59. The number of nitrogens with zero attached hydrogens (tertiary/aromatic N) is 4. The minimum atomic E-state index is 0.381. The minimum Gasteiger partial charge on any atom is -0.251 e. The molecule has 6 aliphatic rings. The molecule has 0 spiro atoms. The number of rotatable bonds is 3. The Labute approximate surface area is 237 Å². The maximum Gasteiger partial charge on any atom is 0.0894 e. The predicted octanol–water partition coefficient (Wildman–Crippen LogP) is 8.76. The molecule has 0 amide bonds. The normalized spacial score (nSPS) is 29.9. The topological polar surface area (TPSA) is 51.6 Å². The van der Waals surface area contributed by atoms with Crippen LogP contribution in [0.25, 0.3) is 34.2 Å². The van der Waals surface area contributed by atoms with Crippen LogP contribution < -0.4 is 0 Å². The Morgan fingerprint density at radius 2 is 0.850 bits per heavy atom. The van der Waals surface area contributed by atoms with E-state index in [-0.39, 0.29) is 0 Å². The lowest BCUT2D eigenvalue weighted by molar-refractivity contribution is -0.00275. The van der Waals surface area contributed by atoms with Crippen molar-refractivity contribution in [3.05, 3.63) is 83.2 Å². The first-order chi connectivity index (χ1) is 19.1. The number of hydrogen-bond acceptors (Lipinski definition) is 4. The van der Waals surface area contributed by atoms with Gasteiger partial charge in [-0.1, -0.05) is 65.8 Å². The molecule has 6 aliphatic carbocycles. The third-order valence-corrected chi connectivity index (χ3v) is 11.7. The summed E-state index contributed by atoms with van der Waals surface area (Å²) in [5.41, 5.74) is 11.7. The molecule has 0 N–H and O–H groups in total. The van der Waals surface area contributed by atoms with Gasteiger partial charge in [-0.05, 0) is 94.9 Å². The summed E-state index contributed by atoms with van der Waals surface area (Å²) in [7, 11) is 0. The Kier molecular flexibility index (Phi) is 4.93. The molecule has 0 saturated heterocycles. The SMILES string of the molecule is C[C@@H]1c2nc(-c3cccc(-c4cccc(-c5ccc6c(n5)[C@@H](C)[C@H]5C[C@@H]6C5(C)C)n4)n3)ccc2[C@@H]2C[C@H]1C2(C)C. The maximum atomic E-state index is 5.19. The molecular formula is C36H38N4. The van der Waals surface area contributed by atoms with E-state index in [1.165, 1.54) is 35.4 Å². The van der Waals surface area contributed by atoms with Gasteiger partial charge in [-0.2, -0.15) is 0 Å². The van der Waals surface area contributed by atoms with Gasteiger partial charge in [0.05, 0.1) is 34.2 Å². The summed E-state index contributed by atoms with van der Waals surface area (Å²) in [6.45, 7) is 14.4. The molecule has 6 atom stereocenters. The van der Waals surface area contributed by atoms with E-state index in [0.29, 0.717) is 34.5 Å². The van der Waals surface area contributed by atoms with Crippen LogP contribution in [-0.2, 0) is 0 Å². The largest absolute Gasteiger partial charge is 0.251 e. The second-order valence-electron chi connectivity index (χ2n) is 14.2. The van der Waals surface area contributed by atoms with Gasteiger partial charge in [0.2, 0.25) is 0 Å². The van der Waals surface area contributed by atoms with E-state index >= 15 is 0 Å². The van der Waals surface area contributed by atoms with E-state index < -0.39 is 0 Å². The zero-order valence-electron chi connectivity index (χ0n) is 24.4. The van der Waals surface area contributed by atoms with Gasteiger partial charge in [0, 0.05) is 23.2 Å². The second kappa shape index (κ2) is 8.09. The summed E-state index contributed by atoms with van der Waals surface area (Å²) in [4.78, 5) is 20.5. The molecule has 0 unspecified atom stereocenters. The smallest absolute Gasteiger partial charge is 0.0894 e. The Morgan fingerprint density at radius 1 is 0.500 bits per heavy atom. The van der Waals surface area contributed by atoms with E-state index in [9.17, 15) is 0 Å².